The molecular formula is C17H23F3N4S. The summed E-state index contributed by atoms with van der Waals surface area (Å²) in [6.07, 6.45) is -3.25. The van der Waals surface area contributed by atoms with Gasteiger partial charge in [-0.15, -0.1) is 11.3 Å². The summed E-state index contributed by atoms with van der Waals surface area (Å²) >= 11 is 1.61. The summed E-state index contributed by atoms with van der Waals surface area (Å²) in [4.78, 5) is 13.8. The van der Waals surface area contributed by atoms with Crippen molar-refractivity contribution in [3.63, 3.8) is 0 Å². The standard InChI is InChI=1S/C17H23F3N4S/c1-4-23(10-17(18,19)20)7-13-5-6-24(8-13)15-14-11(2)9-25-16(14)22-12(3)21-15/h9,13H,4-8,10H2,1-3H3. The van der Waals surface area contributed by atoms with Crippen LogP contribution < -0.4 is 4.90 Å². The lowest BCUT2D eigenvalue weighted by Gasteiger charge is -2.25. The van der Waals surface area contributed by atoms with Crippen LogP contribution in [0.1, 0.15) is 24.7 Å². The highest BCUT2D eigenvalue weighted by atomic mass is 32.1. The van der Waals surface area contributed by atoms with Crippen LogP contribution in [0.3, 0.4) is 0 Å². The van der Waals surface area contributed by atoms with Gasteiger partial charge < -0.3 is 4.90 Å². The minimum absolute atomic E-state index is 0.228. The fourth-order valence-corrected chi connectivity index (χ4v) is 4.45. The van der Waals surface area contributed by atoms with Crippen molar-refractivity contribution in [1.29, 1.82) is 0 Å². The van der Waals surface area contributed by atoms with Crippen LogP contribution in [0.5, 0.6) is 0 Å². The van der Waals surface area contributed by atoms with Crippen LogP contribution in [0.4, 0.5) is 19.0 Å². The summed E-state index contributed by atoms with van der Waals surface area (Å²) in [5.41, 5.74) is 1.16. The first kappa shape index (κ1) is 18.4. The van der Waals surface area contributed by atoms with Crippen molar-refractivity contribution in [3.8, 4) is 0 Å². The van der Waals surface area contributed by atoms with Crippen LogP contribution in [0.25, 0.3) is 10.2 Å². The van der Waals surface area contributed by atoms with Crippen LogP contribution in [0, 0.1) is 19.8 Å². The van der Waals surface area contributed by atoms with Crippen molar-refractivity contribution in [2.45, 2.75) is 33.4 Å². The molecule has 0 spiro atoms. The van der Waals surface area contributed by atoms with Gasteiger partial charge in [0.15, 0.2) is 0 Å². The van der Waals surface area contributed by atoms with Gasteiger partial charge in [0.05, 0.1) is 11.9 Å². The van der Waals surface area contributed by atoms with Crippen molar-refractivity contribution in [2.24, 2.45) is 5.92 Å². The largest absolute Gasteiger partial charge is 0.401 e. The number of rotatable bonds is 5. The Hall–Kier alpha value is -1.41. The summed E-state index contributed by atoms with van der Waals surface area (Å²) in [6, 6.07) is 0. The van der Waals surface area contributed by atoms with Crippen LogP contribution in [0.15, 0.2) is 5.38 Å². The highest BCUT2D eigenvalue weighted by Gasteiger charge is 2.33. The zero-order valence-electron chi connectivity index (χ0n) is 14.7. The minimum atomic E-state index is -4.14. The second kappa shape index (κ2) is 7.07. The molecule has 0 aromatic carbocycles. The molecule has 2 aromatic rings. The molecule has 0 aliphatic carbocycles. The Morgan fingerprint density at radius 1 is 1.32 bits per heavy atom. The summed E-state index contributed by atoms with van der Waals surface area (Å²) in [6.45, 7) is 7.35. The van der Waals surface area contributed by atoms with Crippen molar-refractivity contribution < 1.29 is 13.2 Å². The molecule has 25 heavy (non-hydrogen) atoms. The van der Waals surface area contributed by atoms with E-state index in [1.165, 1.54) is 4.90 Å². The van der Waals surface area contributed by atoms with Gasteiger partial charge in [0.1, 0.15) is 16.5 Å². The maximum Gasteiger partial charge on any atom is 0.401 e. The molecule has 1 atom stereocenters. The maximum absolute atomic E-state index is 12.7. The lowest BCUT2D eigenvalue weighted by Crippen LogP contribution is -2.38. The van der Waals surface area contributed by atoms with Crippen LogP contribution in [0.2, 0.25) is 0 Å². The molecule has 1 saturated heterocycles. The molecule has 3 rings (SSSR count). The number of nitrogens with zero attached hydrogens (tertiary/aromatic N) is 4. The van der Waals surface area contributed by atoms with Gasteiger partial charge in [-0.1, -0.05) is 6.92 Å². The summed E-state index contributed by atoms with van der Waals surface area (Å²) in [7, 11) is 0. The van der Waals surface area contributed by atoms with Crippen LogP contribution in [-0.4, -0.2) is 53.8 Å². The highest BCUT2D eigenvalue weighted by molar-refractivity contribution is 7.17. The first-order chi connectivity index (χ1) is 11.8. The van der Waals surface area contributed by atoms with E-state index in [4.69, 9.17) is 0 Å². The average Bonchev–Trinajstić information content (AvgIpc) is 3.12. The fourth-order valence-electron chi connectivity index (χ4n) is 3.49. The molecule has 0 amide bonds. The molecular weight excluding hydrogens is 349 g/mol. The zero-order valence-corrected chi connectivity index (χ0v) is 15.5. The Morgan fingerprint density at radius 2 is 2.08 bits per heavy atom. The SMILES string of the molecule is CCN(CC1CCN(c2nc(C)nc3scc(C)c23)C1)CC(F)(F)F. The van der Waals surface area contributed by atoms with E-state index in [1.807, 2.05) is 6.92 Å². The highest BCUT2D eigenvalue weighted by Crippen LogP contribution is 2.34. The van der Waals surface area contributed by atoms with Crippen molar-refractivity contribution in [3.05, 3.63) is 16.8 Å². The predicted octanol–water partition coefficient (Wildman–Crippen LogP) is 4.02. The molecule has 0 N–H and O–H groups in total. The molecule has 1 unspecified atom stereocenters. The van der Waals surface area contributed by atoms with E-state index in [0.29, 0.717) is 13.1 Å². The molecule has 2 aromatic heterocycles. The third-order valence-electron chi connectivity index (χ3n) is 4.66. The second-order valence-electron chi connectivity index (χ2n) is 6.74. The fraction of sp³-hybridized carbons (Fsp3) is 0.647. The number of fused-ring (bicyclic) bond motifs is 1. The van der Waals surface area contributed by atoms with E-state index < -0.39 is 12.7 Å². The molecule has 1 aliphatic heterocycles. The van der Waals surface area contributed by atoms with E-state index in [-0.39, 0.29) is 5.92 Å². The van der Waals surface area contributed by atoms with Crippen molar-refractivity contribution in [2.75, 3.05) is 37.6 Å². The second-order valence-corrected chi connectivity index (χ2v) is 7.60. The zero-order chi connectivity index (χ0) is 18.2. The van der Waals surface area contributed by atoms with Gasteiger partial charge in [-0.2, -0.15) is 13.2 Å². The number of halogens is 3. The summed E-state index contributed by atoms with van der Waals surface area (Å²) in [5, 5.41) is 3.16. The Kier molecular flexibility index (Phi) is 5.20. The molecule has 1 fully saturated rings. The van der Waals surface area contributed by atoms with Crippen LogP contribution >= 0.6 is 11.3 Å². The van der Waals surface area contributed by atoms with E-state index in [2.05, 4.69) is 27.2 Å². The van der Waals surface area contributed by atoms with Gasteiger partial charge in [-0.25, -0.2) is 9.97 Å². The van der Waals surface area contributed by atoms with Gasteiger partial charge in [0.25, 0.3) is 0 Å². The molecule has 8 heteroatoms. The topological polar surface area (TPSA) is 32.3 Å². The first-order valence-electron chi connectivity index (χ1n) is 8.53. The number of aryl methyl sites for hydroxylation is 2. The summed E-state index contributed by atoms with van der Waals surface area (Å²) < 4.78 is 38.0. The molecule has 138 valence electrons. The number of hydrogen-bond acceptors (Lipinski definition) is 5. The Morgan fingerprint density at radius 3 is 2.76 bits per heavy atom. The number of alkyl halides is 3. The molecule has 0 bridgehead atoms. The first-order valence-corrected chi connectivity index (χ1v) is 9.41. The number of aromatic nitrogens is 2. The van der Waals surface area contributed by atoms with Crippen LogP contribution in [-0.2, 0) is 0 Å². The molecule has 4 nitrogen and oxygen atoms in total. The molecule has 3 heterocycles. The third-order valence-corrected chi connectivity index (χ3v) is 5.65. The van der Waals surface area contributed by atoms with E-state index in [1.54, 1.807) is 18.3 Å². The maximum atomic E-state index is 12.7. The van der Waals surface area contributed by atoms with E-state index in [9.17, 15) is 13.2 Å². The molecule has 0 saturated carbocycles. The number of hydrogen-bond donors (Lipinski definition) is 0. The van der Waals surface area contributed by atoms with Gasteiger partial charge in [0.2, 0.25) is 0 Å². The van der Waals surface area contributed by atoms with Gasteiger partial charge in [-0.3, -0.25) is 4.90 Å². The molecule has 0 radical (unpaired) electrons. The lowest BCUT2D eigenvalue weighted by atomic mass is 10.1. The predicted molar refractivity (Wildman–Crippen MR) is 95.4 cm³/mol. The van der Waals surface area contributed by atoms with Crippen molar-refractivity contribution in [1.82, 2.24) is 14.9 Å². The third kappa shape index (κ3) is 4.23. The number of thiophene rings is 1. The van der Waals surface area contributed by atoms with Gasteiger partial charge >= 0.3 is 6.18 Å². The minimum Gasteiger partial charge on any atom is -0.356 e. The van der Waals surface area contributed by atoms with Gasteiger partial charge in [0, 0.05) is 19.6 Å². The smallest absolute Gasteiger partial charge is 0.356 e. The van der Waals surface area contributed by atoms with Crippen molar-refractivity contribution >= 4 is 27.4 Å². The van der Waals surface area contributed by atoms with Gasteiger partial charge in [-0.05, 0) is 43.7 Å². The van der Waals surface area contributed by atoms with E-state index >= 15 is 0 Å². The number of anilines is 1. The molecule has 1 aliphatic rings. The Bertz CT molecular complexity index is 743. The summed E-state index contributed by atoms with van der Waals surface area (Å²) in [5.74, 6) is 1.90. The quantitative estimate of drug-likeness (QED) is 0.794. The average molecular weight is 372 g/mol. The lowest BCUT2D eigenvalue weighted by molar-refractivity contribution is -0.146. The monoisotopic (exact) mass is 372 g/mol. The Balaban J connectivity index is 1.74. The Labute approximate surface area is 149 Å². The normalized spacial score (nSPS) is 18.7. The van der Waals surface area contributed by atoms with E-state index in [0.717, 1.165) is 46.9 Å².